The van der Waals surface area contributed by atoms with Crippen molar-refractivity contribution in [3.63, 3.8) is 0 Å². The molecule has 2 N–H and O–H groups in total. The summed E-state index contributed by atoms with van der Waals surface area (Å²) in [5, 5.41) is 2.76. The third-order valence-corrected chi connectivity index (χ3v) is 5.83. The Morgan fingerprint density at radius 3 is 2.70 bits per heavy atom. The minimum atomic E-state index is -3.59. The molecule has 126 valence electrons. The van der Waals surface area contributed by atoms with Gasteiger partial charge in [-0.05, 0) is 0 Å². The summed E-state index contributed by atoms with van der Waals surface area (Å²) < 4.78 is 27.8. The molecule has 1 aliphatic rings. The van der Waals surface area contributed by atoms with Gasteiger partial charge in [0.25, 0.3) is 10.2 Å². The second-order valence-corrected chi connectivity index (χ2v) is 8.11. The summed E-state index contributed by atoms with van der Waals surface area (Å²) in [5.41, 5.74) is 0. The highest BCUT2D eigenvalue weighted by Crippen LogP contribution is 2.17. The average Bonchev–Trinajstić information content (AvgIpc) is 2.96. The molecule has 1 aliphatic heterocycles. The number of urea groups is 1. The third-order valence-electron chi connectivity index (χ3n) is 3.16. The number of piperazine rings is 1. The van der Waals surface area contributed by atoms with E-state index in [1.165, 1.54) is 15.6 Å². The van der Waals surface area contributed by atoms with Gasteiger partial charge in [0.2, 0.25) is 0 Å². The predicted molar refractivity (Wildman–Crippen MR) is 88.3 cm³/mol. The van der Waals surface area contributed by atoms with Crippen LogP contribution in [0.1, 0.15) is 4.88 Å². The number of halogens is 1. The molecular weight excluding hydrogens is 362 g/mol. The fourth-order valence-corrected chi connectivity index (χ4v) is 4.01. The molecule has 1 aromatic heterocycles. The van der Waals surface area contributed by atoms with Gasteiger partial charge in [0.15, 0.2) is 4.47 Å². The van der Waals surface area contributed by atoms with Crippen molar-refractivity contribution in [3.05, 3.63) is 15.5 Å². The van der Waals surface area contributed by atoms with Gasteiger partial charge < -0.3 is 10.2 Å². The van der Waals surface area contributed by atoms with E-state index in [1.807, 2.05) is 0 Å². The number of rotatable bonds is 5. The Hall–Kier alpha value is -1.38. The largest absolute Gasteiger partial charge is 0.333 e. The van der Waals surface area contributed by atoms with Crippen molar-refractivity contribution >= 4 is 39.2 Å². The molecular formula is C12H16ClN5O3S2. The van der Waals surface area contributed by atoms with E-state index in [-0.39, 0.29) is 25.7 Å². The zero-order chi connectivity index (χ0) is 16.9. The minimum absolute atomic E-state index is 0.0551. The molecule has 2 amide bonds. The third kappa shape index (κ3) is 5.05. The van der Waals surface area contributed by atoms with Crippen LogP contribution in [0.5, 0.6) is 0 Å². The van der Waals surface area contributed by atoms with Gasteiger partial charge in [-0.2, -0.15) is 17.4 Å². The van der Waals surface area contributed by atoms with Crippen LogP contribution in [0.2, 0.25) is 4.47 Å². The second-order valence-electron chi connectivity index (χ2n) is 4.65. The number of nitrogens with zero attached hydrogens (tertiary/aromatic N) is 3. The summed E-state index contributed by atoms with van der Waals surface area (Å²) in [6.45, 7) is 1.35. The number of terminal acetylenes is 1. The van der Waals surface area contributed by atoms with Crippen LogP contribution < -0.4 is 10.0 Å². The molecule has 2 rings (SSSR count). The number of amides is 2. The first-order chi connectivity index (χ1) is 10.9. The van der Waals surface area contributed by atoms with Crippen LogP contribution in [0.15, 0.2) is 6.20 Å². The lowest BCUT2D eigenvalue weighted by atomic mass is 10.4. The minimum Gasteiger partial charge on any atom is -0.333 e. The molecule has 0 saturated carbocycles. The Morgan fingerprint density at radius 1 is 1.43 bits per heavy atom. The number of hydrogen-bond acceptors (Lipinski definition) is 5. The van der Waals surface area contributed by atoms with Gasteiger partial charge in [-0.15, -0.1) is 17.8 Å². The normalized spacial score (nSPS) is 16.1. The van der Waals surface area contributed by atoms with Gasteiger partial charge in [0, 0.05) is 37.3 Å². The molecule has 0 bridgehead atoms. The first kappa shape index (κ1) is 18.0. The van der Waals surface area contributed by atoms with Gasteiger partial charge in [-0.3, -0.25) is 0 Å². The molecule has 0 spiro atoms. The van der Waals surface area contributed by atoms with Gasteiger partial charge in [0.1, 0.15) is 0 Å². The molecule has 1 aromatic rings. The molecule has 11 heteroatoms. The Labute approximate surface area is 144 Å². The molecule has 0 radical (unpaired) electrons. The number of aromatic nitrogens is 1. The van der Waals surface area contributed by atoms with E-state index in [4.69, 9.17) is 18.0 Å². The fraction of sp³-hybridized carbons (Fsp3) is 0.500. The number of carbonyl (C=O) groups excluding carboxylic acids is 1. The Kier molecular flexibility index (Phi) is 6.20. The Morgan fingerprint density at radius 2 is 2.13 bits per heavy atom. The van der Waals surface area contributed by atoms with Crippen molar-refractivity contribution in [2.24, 2.45) is 0 Å². The molecule has 2 heterocycles. The second kappa shape index (κ2) is 7.94. The fourth-order valence-electron chi connectivity index (χ4n) is 2.00. The molecule has 0 aromatic carbocycles. The van der Waals surface area contributed by atoms with Crippen molar-refractivity contribution < 1.29 is 13.2 Å². The highest BCUT2D eigenvalue weighted by atomic mass is 35.5. The lowest BCUT2D eigenvalue weighted by Crippen LogP contribution is -2.55. The maximum absolute atomic E-state index is 12.1. The molecule has 1 fully saturated rings. The summed E-state index contributed by atoms with van der Waals surface area (Å²) in [4.78, 5) is 18.4. The zero-order valence-electron chi connectivity index (χ0n) is 12.2. The van der Waals surface area contributed by atoms with E-state index in [2.05, 4.69) is 20.9 Å². The topological polar surface area (TPSA) is 94.6 Å². The van der Waals surface area contributed by atoms with E-state index in [9.17, 15) is 13.2 Å². The molecule has 0 atom stereocenters. The molecule has 0 aliphatic carbocycles. The van der Waals surface area contributed by atoms with Gasteiger partial charge >= 0.3 is 6.03 Å². The molecule has 1 saturated heterocycles. The van der Waals surface area contributed by atoms with Crippen LogP contribution >= 0.6 is 22.9 Å². The van der Waals surface area contributed by atoms with Crippen molar-refractivity contribution in [1.82, 2.24) is 24.2 Å². The van der Waals surface area contributed by atoms with Crippen molar-refractivity contribution in [1.29, 1.82) is 0 Å². The van der Waals surface area contributed by atoms with Crippen LogP contribution in [0, 0.1) is 12.3 Å². The monoisotopic (exact) mass is 377 g/mol. The van der Waals surface area contributed by atoms with Crippen LogP contribution in [0.4, 0.5) is 4.79 Å². The van der Waals surface area contributed by atoms with E-state index in [0.717, 1.165) is 4.88 Å². The van der Waals surface area contributed by atoms with Crippen LogP contribution in [-0.4, -0.2) is 61.4 Å². The van der Waals surface area contributed by atoms with Crippen LogP contribution in [0.25, 0.3) is 0 Å². The first-order valence-corrected chi connectivity index (χ1v) is 9.37. The van der Waals surface area contributed by atoms with Crippen molar-refractivity contribution in [2.75, 3.05) is 32.7 Å². The molecule has 0 unspecified atom stereocenters. The van der Waals surface area contributed by atoms with E-state index < -0.39 is 10.2 Å². The van der Waals surface area contributed by atoms with Crippen LogP contribution in [-0.2, 0) is 16.8 Å². The van der Waals surface area contributed by atoms with Gasteiger partial charge in [0.05, 0.1) is 13.1 Å². The number of thiazole rings is 1. The lowest BCUT2D eigenvalue weighted by Gasteiger charge is -2.33. The highest BCUT2D eigenvalue weighted by Gasteiger charge is 2.28. The predicted octanol–water partition coefficient (Wildman–Crippen LogP) is 0.0913. The summed E-state index contributed by atoms with van der Waals surface area (Å²) in [6, 6.07) is -0.247. The summed E-state index contributed by atoms with van der Waals surface area (Å²) in [7, 11) is -3.59. The molecule has 23 heavy (non-hydrogen) atoms. The number of hydrogen-bond donors (Lipinski definition) is 2. The Balaban J connectivity index is 1.79. The molecule has 8 nitrogen and oxygen atoms in total. The van der Waals surface area contributed by atoms with Crippen molar-refractivity contribution in [2.45, 2.75) is 6.54 Å². The standard InChI is InChI=1S/C12H16ClN5O3S2/c1-2-3-16-23(20,21)18-6-4-17(5-7-18)12(19)15-9-10-8-14-11(13)22-10/h1,8,16H,3-7,9H2,(H,15,19). The summed E-state index contributed by atoms with van der Waals surface area (Å²) in [5.74, 6) is 2.22. The SMILES string of the molecule is C#CCNS(=O)(=O)N1CCN(C(=O)NCc2cnc(Cl)s2)CC1. The quantitative estimate of drug-likeness (QED) is 0.711. The smallest absolute Gasteiger partial charge is 0.317 e. The zero-order valence-corrected chi connectivity index (χ0v) is 14.5. The van der Waals surface area contributed by atoms with E-state index >= 15 is 0 Å². The van der Waals surface area contributed by atoms with Crippen molar-refractivity contribution in [3.8, 4) is 12.3 Å². The first-order valence-electron chi connectivity index (χ1n) is 6.73. The van der Waals surface area contributed by atoms with Gasteiger partial charge in [-0.1, -0.05) is 17.5 Å². The van der Waals surface area contributed by atoms with Gasteiger partial charge in [-0.25, -0.2) is 9.78 Å². The maximum atomic E-state index is 12.1. The van der Waals surface area contributed by atoms with E-state index in [0.29, 0.717) is 24.1 Å². The maximum Gasteiger partial charge on any atom is 0.317 e. The van der Waals surface area contributed by atoms with E-state index in [1.54, 1.807) is 11.1 Å². The number of carbonyl (C=O) groups is 1. The Bertz CT molecular complexity index is 692. The van der Waals surface area contributed by atoms with Crippen LogP contribution in [0.3, 0.4) is 0 Å². The highest BCUT2D eigenvalue weighted by molar-refractivity contribution is 7.87. The average molecular weight is 378 g/mol. The lowest BCUT2D eigenvalue weighted by molar-refractivity contribution is 0.171. The summed E-state index contributed by atoms with van der Waals surface area (Å²) in [6.07, 6.45) is 6.65. The summed E-state index contributed by atoms with van der Waals surface area (Å²) >= 11 is 7.02. The number of nitrogens with one attached hydrogen (secondary N) is 2.